The van der Waals surface area contributed by atoms with Crippen molar-refractivity contribution >= 4 is 22.4 Å². The van der Waals surface area contributed by atoms with Gasteiger partial charge in [0.25, 0.3) is 0 Å². The van der Waals surface area contributed by atoms with Crippen molar-refractivity contribution in [3.63, 3.8) is 0 Å². The summed E-state index contributed by atoms with van der Waals surface area (Å²) in [5.41, 5.74) is 1.84. The molecule has 0 aromatic heterocycles. The van der Waals surface area contributed by atoms with Crippen molar-refractivity contribution in [1.82, 2.24) is 0 Å². The quantitative estimate of drug-likeness (QED) is 0.824. The molecule has 0 saturated heterocycles. The Hall–Kier alpha value is -1.83. The Balaban J connectivity index is 2.44. The molecule has 0 aliphatic heterocycles. The van der Waals surface area contributed by atoms with Gasteiger partial charge in [-0.05, 0) is 35.2 Å². The van der Waals surface area contributed by atoms with Gasteiger partial charge in [0.05, 0.1) is 0 Å². The van der Waals surface area contributed by atoms with E-state index in [0.29, 0.717) is 0 Å². The molecule has 0 saturated carbocycles. The molecule has 0 spiro atoms. The smallest absolute Gasteiger partial charge is 0.229 e. The maximum atomic E-state index is 12.3. The SMILES string of the molecule is CCCCc1c(NC(=O)C(C)(C)C)ccc2ccccc12. The normalized spacial score (nSPS) is 11.6. The lowest BCUT2D eigenvalue weighted by Gasteiger charge is -2.20. The zero-order chi connectivity index (χ0) is 15.5. The Labute approximate surface area is 127 Å². The Bertz CT molecular complexity index is 638. The van der Waals surface area contributed by atoms with E-state index in [9.17, 15) is 4.79 Å². The Kier molecular flexibility index (Phi) is 4.66. The van der Waals surface area contributed by atoms with Gasteiger partial charge in [0.1, 0.15) is 0 Å². The summed E-state index contributed by atoms with van der Waals surface area (Å²) in [6.07, 6.45) is 3.28. The van der Waals surface area contributed by atoms with Crippen LogP contribution in [0.4, 0.5) is 5.69 Å². The average molecular weight is 283 g/mol. The molecule has 2 nitrogen and oxygen atoms in total. The number of aryl methyl sites for hydroxylation is 1. The molecule has 0 fully saturated rings. The fourth-order valence-electron chi connectivity index (χ4n) is 2.39. The summed E-state index contributed by atoms with van der Waals surface area (Å²) in [6.45, 7) is 8.01. The number of nitrogens with one attached hydrogen (secondary N) is 1. The van der Waals surface area contributed by atoms with Gasteiger partial charge in [-0.2, -0.15) is 0 Å². The van der Waals surface area contributed by atoms with Crippen LogP contribution in [0.3, 0.4) is 0 Å². The van der Waals surface area contributed by atoms with E-state index in [1.54, 1.807) is 0 Å². The van der Waals surface area contributed by atoms with Gasteiger partial charge in [-0.25, -0.2) is 0 Å². The highest BCUT2D eigenvalue weighted by Gasteiger charge is 2.22. The molecule has 0 aliphatic rings. The molecule has 1 N–H and O–H groups in total. The van der Waals surface area contributed by atoms with E-state index in [0.717, 1.165) is 24.9 Å². The van der Waals surface area contributed by atoms with Crippen molar-refractivity contribution in [2.75, 3.05) is 5.32 Å². The van der Waals surface area contributed by atoms with Gasteiger partial charge in [-0.1, -0.05) is 64.4 Å². The van der Waals surface area contributed by atoms with E-state index in [1.807, 2.05) is 26.8 Å². The van der Waals surface area contributed by atoms with Crippen molar-refractivity contribution in [2.24, 2.45) is 5.41 Å². The maximum absolute atomic E-state index is 12.3. The third kappa shape index (κ3) is 3.63. The third-order valence-corrected chi connectivity index (χ3v) is 3.75. The van der Waals surface area contributed by atoms with Gasteiger partial charge in [-0.3, -0.25) is 4.79 Å². The Morgan fingerprint density at radius 3 is 2.48 bits per heavy atom. The predicted octanol–water partition coefficient (Wildman–Crippen LogP) is 5.17. The van der Waals surface area contributed by atoms with Crippen LogP contribution in [-0.2, 0) is 11.2 Å². The lowest BCUT2D eigenvalue weighted by atomic mass is 9.94. The number of hydrogen-bond donors (Lipinski definition) is 1. The van der Waals surface area contributed by atoms with Crippen molar-refractivity contribution in [1.29, 1.82) is 0 Å². The zero-order valence-electron chi connectivity index (χ0n) is 13.5. The van der Waals surface area contributed by atoms with Crippen LogP contribution in [0.5, 0.6) is 0 Å². The lowest BCUT2D eigenvalue weighted by molar-refractivity contribution is -0.123. The molecule has 0 atom stereocenters. The number of unbranched alkanes of at least 4 members (excludes halogenated alkanes) is 1. The second-order valence-corrected chi connectivity index (χ2v) is 6.62. The molecule has 21 heavy (non-hydrogen) atoms. The number of fused-ring (bicyclic) bond motifs is 1. The lowest BCUT2D eigenvalue weighted by Crippen LogP contribution is -2.28. The standard InChI is InChI=1S/C19H25NO/c1-5-6-10-16-15-11-8-7-9-14(15)12-13-17(16)20-18(21)19(2,3)4/h7-9,11-13H,5-6,10H2,1-4H3,(H,20,21). The van der Waals surface area contributed by atoms with Gasteiger partial charge in [-0.15, -0.1) is 0 Å². The third-order valence-electron chi connectivity index (χ3n) is 3.75. The van der Waals surface area contributed by atoms with Gasteiger partial charge < -0.3 is 5.32 Å². The molecule has 0 heterocycles. The number of hydrogen-bond acceptors (Lipinski definition) is 1. The first kappa shape index (κ1) is 15.6. The van der Waals surface area contributed by atoms with Crippen molar-refractivity contribution in [2.45, 2.75) is 47.0 Å². The van der Waals surface area contributed by atoms with E-state index in [2.05, 4.69) is 42.6 Å². The zero-order valence-corrected chi connectivity index (χ0v) is 13.5. The summed E-state index contributed by atoms with van der Waals surface area (Å²) < 4.78 is 0. The van der Waals surface area contributed by atoms with E-state index < -0.39 is 0 Å². The Morgan fingerprint density at radius 2 is 1.81 bits per heavy atom. The number of anilines is 1. The largest absolute Gasteiger partial charge is 0.325 e. The summed E-state index contributed by atoms with van der Waals surface area (Å²) in [5, 5.41) is 5.59. The minimum atomic E-state index is -0.381. The van der Waals surface area contributed by atoms with E-state index in [4.69, 9.17) is 0 Å². The van der Waals surface area contributed by atoms with Crippen LogP contribution < -0.4 is 5.32 Å². The van der Waals surface area contributed by atoms with Gasteiger partial charge >= 0.3 is 0 Å². The molecular weight excluding hydrogens is 258 g/mol. The van der Waals surface area contributed by atoms with E-state index >= 15 is 0 Å². The number of rotatable bonds is 4. The topological polar surface area (TPSA) is 29.1 Å². The molecule has 1 amide bonds. The van der Waals surface area contributed by atoms with Crippen LogP contribution in [0.25, 0.3) is 10.8 Å². The van der Waals surface area contributed by atoms with Crippen LogP contribution in [0.1, 0.15) is 46.1 Å². The second kappa shape index (κ2) is 6.30. The number of amides is 1. The first-order valence-corrected chi connectivity index (χ1v) is 7.75. The summed E-state index contributed by atoms with van der Waals surface area (Å²) in [6, 6.07) is 12.5. The van der Waals surface area contributed by atoms with Crippen LogP contribution in [0, 0.1) is 5.41 Å². The van der Waals surface area contributed by atoms with Gasteiger partial charge in [0, 0.05) is 11.1 Å². The highest BCUT2D eigenvalue weighted by molar-refractivity contribution is 5.99. The Morgan fingerprint density at radius 1 is 1.10 bits per heavy atom. The molecular formula is C19H25NO. The first-order chi connectivity index (χ1) is 9.93. The average Bonchev–Trinajstić information content (AvgIpc) is 2.45. The van der Waals surface area contributed by atoms with Crippen molar-refractivity contribution in [3.05, 3.63) is 42.0 Å². The summed E-state index contributed by atoms with van der Waals surface area (Å²) in [4.78, 5) is 12.3. The van der Waals surface area contributed by atoms with Crippen LogP contribution in [0.15, 0.2) is 36.4 Å². The molecule has 2 aromatic rings. The number of carbonyl (C=O) groups excluding carboxylic acids is 1. The van der Waals surface area contributed by atoms with Crippen LogP contribution >= 0.6 is 0 Å². The summed E-state index contributed by atoms with van der Waals surface area (Å²) in [7, 11) is 0. The maximum Gasteiger partial charge on any atom is 0.229 e. The molecule has 0 radical (unpaired) electrons. The highest BCUT2D eigenvalue weighted by atomic mass is 16.2. The van der Waals surface area contributed by atoms with Gasteiger partial charge in [0.15, 0.2) is 0 Å². The molecule has 112 valence electrons. The molecule has 2 aromatic carbocycles. The minimum absolute atomic E-state index is 0.0653. The second-order valence-electron chi connectivity index (χ2n) is 6.62. The number of benzene rings is 2. The highest BCUT2D eigenvalue weighted by Crippen LogP contribution is 2.29. The van der Waals surface area contributed by atoms with Gasteiger partial charge in [0.2, 0.25) is 5.91 Å². The fourth-order valence-corrected chi connectivity index (χ4v) is 2.39. The molecule has 2 heteroatoms. The number of carbonyl (C=O) groups is 1. The van der Waals surface area contributed by atoms with E-state index in [-0.39, 0.29) is 11.3 Å². The van der Waals surface area contributed by atoms with Crippen molar-refractivity contribution in [3.8, 4) is 0 Å². The molecule has 2 rings (SSSR count). The predicted molar refractivity (Wildman–Crippen MR) is 90.6 cm³/mol. The van der Waals surface area contributed by atoms with Crippen LogP contribution in [0.2, 0.25) is 0 Å². The van der Waals surface area contributed by atoms with Crippen molar-refractivity contribution < 1.29 is 4.79 Å². The van der Waals surface area contributed by atoms with E-state index in [1.165, 1.54) is 16.3 Å². The molecule has 0 aliphatic carbocycles. The monoisotopic (exact) mass is 283 g/mol. The van der Waals surface area contributed by atoms with Crippen LogP contribution in [-0.4, -0.2) is 5.91 Å². The minimum Gasteiger partial charge on any atom is -0.325 e. The molecule has 0 unspecified atom stereocenters. The molecule has 0 bridgehead atoms. The fraction of sp³-hybridized carbons (Fsp3) is 0.421. The summed E-state index contributed by atoms with van der Waals surface area (Å²) >= 11 is 0. The first-order valence-electron chi connectivity index (χ1n) is 7.75. The summed E-state index contributed by atoms with van der Waals surface area (Å²) in [5.74, 6) is 0.0653.